The number of hydrogen-bond acceptors (Lipinski definition) is 4. The summed E-state index contributed by atoms with van der Waals surface area (Å²) in [5.74, 6) is 0.508. The van der Waals surface area contributed by atoms with E-state index < -0.39 is 5.54 Å². The lowest BCUT2D eigenvalue weighted by Gasteiger charge is -2.37. The molecule has 2 aliphatic heterocycles. The van der Waals surface area contributed by atoms with Gasteiger partial charge in [0.1, 0.15) is 0 Å². The number of piperidine rings is 1. The molecule has 5 nitrogen and oxygen atoms in total. The Morgan fingerprint density at radius 2 is 2.22 bits per heavy atom. The first-order valence-corrected chi connectivity index (χ1v) is 6.94. The first-order valence-electron chi connectivity index (χ1n) is 6.94. The Kier molecular flexibility index (Phi) is 4.97. The van der Waals surface area contributed by atoms with Crippen LogP contribution in [-0.2, 0) is 9.53 Å². The maximum atomic E-state index is 12.1. The topological polar surface area (TPSA) is 70.6 Å². The number of ether oxygens (including phenoxy) is 1. The number of nitrogens with one attached hydrogen (secondary N) is 2. The van der Waals surface area contributed by atoms with E-state index in [9.17, 15) is 9.90 Å². The van der Waals surface area contributed by atoms with E-state index in [1.54, 1.807) is 0 Å². The summed E-state index contributed by atoms with van der Waals surface area (Å²) < 4.78 is 5.29. The van der Waals surface area contributed by atoms with Crippen LogP contribution in [0.25, 0.3) is 0 Å². The highest BCUT2D eigenvalue weighted by Gasteiger charge is 2.33. The van der Waals surface area contributed by atoms with E-state index in [2.05, 4.69) is 10.6 Å². The average Bonchev–Trinajstić information content (AvgIpc) is 2.41. The normalized spacial score (nSPS) is 27.7. The molecule has 2 rings (SSSR count). The summed E-state index contributed by atoms with van der Waals surface area (Å²) >= 11 is 0. The zero-order chi connectivity index (χ0) is 12.8. The van der Waals surface area contributed by atoms with Crippen LogP contribution in [0.2, 0.25) is 0 Å². The van der Waals surface area contributed by atoms with Crippen molar-refractivity contribution < 1.29 is 14.6 Å². The summed E-state index contributed by atoms with van der Waals surface area (Å²) in [6.07, 6.45) is 4.25. The second-order valence-electron chi connectivity index (χ2n) is 5.52. The molecule has 0 radical (unpaired) electrons. The molecule has 1 atom stereocenters. The van der Waals surface area contributed by atoms with Gasteiger partial charge in [-0.3, -0.25) is 4.79 Å². The predicted molar refractivity (Wildman–Crippen MR) is 68.2 cm³/mol. The number of aliphatic hydroxyl groups excluding tert-OH is 1. The van der Waals surface area contributed by atoms with E-state index in [0.29, 0.717) is 38.4 Å². The van der Waals surface area contributed by atoms with Crippen LogP contribution in [-0.4, -0.2) is 49.5 Å². The maximum Gasteiger partial charge on any atom is 0.220 e. The molecule has 0 aromatic rings. The third kappa shape index (κ3) is 3.67. The number of carbonyl (C=O) groups excluding carboxylic acids is 1. The van der Waals surface area contributed by atoms with Gasteiger partial charge in [0, 0.05) is 19.6 Å². The van der Waals surface area contributed by atoms with Gasteiger partial charge in [-0.05, 0) is 44.7 Å². The highest BCUT2D eigenvalue weighted by atomic mass is 16.5. The van der Waals surface area contributed by atoms with Crippen molar-refractivity contribution in [2.24, 2.45) is 5.92 Å². The number of carbonyl (C=O) groups is 1. The second-order valence-corrected chi connectivity index (χ2v) is 5.52. The maximum absolute atomic E-state index is 12.1. The van der Waals surface area contributed by atoms with Gasteiger partial charge in [-0.2, -0.15) is 0 Å². The molecule has 5 heteroatoms. The van der Waals surface area contributed by atoms with E-state index in [1.165, 1.54) is 0 Å². The summed E-state index contributed by atoms with van der Waals surface area (Å²) in [7, 11) is 0. The van der Waals surface area contributed by atoms with Gasteiger partial charge in [-0.1, -0.05) is 0 Å². The predicted octanol–water partition coefficient (Wildman–Crippen LogP) is 0.0338. The number of aliphatic hydroxyl groups is 1. The van der Waals surface area contributed by atoms with Crippen molar-refractivity contribution in [2.45, 2.75) is 37.6 Å². The number of amides is 1. The molecule has 3 N–H and O–H groups in total. The van der Waals surface area contributed by atoms with Crippen LogP contribution < -0.4 is 10.6 Å². The van der Waals surface area contributed by atoms with Crippen molar-refractivity contribution in [3.05, 3.63) is 0 Å². The Hall–Kier alpha value is -0.650. The fourth-order valence-electron chi connectivity index (χ4n) is 2.79. The highest BCUT2D eigenvalue weighted by molar-refractivity contribution is 5.77. The van der Waals surface area contributed by atoms with Crippen LogP contribution in [0.4, 0.5) is 0 Å². The Morgan fingerprint density at radius 3 is 2.83 bits per heavy atom. The van der Waals surface area contributed by atoms with Gasteiger partial charge in [-0.15, -0.1) is 0 Å². The minimum absolute atomic E-state index is 0.00498. The molecule has 0 aromatic heterocycles. The van der Waals surface area contributed by atoms with Crippen molar-refractivity contribution in [3.63, 3.8) is 0 Å². The third-order valence-electron chi connectivity index (χ3n) is 4.03. The van der Waals surface area contributed by atoms with Crippen LogP contribution in [0.15, 0.2) is 0 Å². The largest absolute Gasteiger partial charge is 0.394 e. The van der Waals surface area contributed by atoms with Crippen molar-refractivity contribution in [1.29, 1.82) is 0 Å². The van der Waals surface area contributed by atoms with E-state index in [0.717, 1.165) is 25.9 Å². The summed E-state index contributed by atoms with van der Waals surface area (Å²) in [6.45, 7) is 3.24. The Labute approximate surface area is 108 Å². The molecule has 2 heterocycles. The molecule has 0 bridgehead atoms. The smallest absolute Gasteiger partial charge is 0.220 e. The third-order valence-corrected chi connectivity index (χ3v) is 4.03. The van der Waals surface area contributed by atoms with Gasteiger partial charge < -0.3 is 20.5 Å². The monoisotopic (exact) mass is 256 g/mol. The molecule has 0 spiro atoms. The lowest BCUT2D eigenvalue weighted by Crippen LogP contribution is -2.55. The Bertz CT molecular complexity index is 271. The van der Waals surface area contributed by atoms with Crippen LogP contribution in [0, 0.1) is 5.92 Å². The molecule has 1 unspecified atom stereocenters. The van der Waals surface area contributed by atoms with Crippen molar-refractivity contribution >= 4 is 5.91 Å². The van der Waals surface area contributed by atoms with E-state index in [-0.39, 0.29) is 12.5 Å². The van der Waals surface area contributed by atoms with Crippen molar-refractivity contribution in [3.8, 4) is 0 Å². The highest BCUT2D eigenvalue weighted by Crippen LogP contribution is 2.21. The quantitative estimate of drug-likeness (QED) is 0.664. The van der Waals surface area contributed by atoms with Gasteiger partial charge in [0.2, 0.25) is 5.91 Å². The molecule has 18 heavy (non-hydrogen) atoms. The number of rotatable bonds is 4. The van der Waals surface area contributed by atoms with Crippen molar-refractivity contribution in [1.82, 2.24) is 10.6 Å². The fourth-order valence-corrected chi connectivity index (χ4v) is 2.79. The van der Waals surface area contributed by atoms with Gasteiger partial charge >= 0.3 is 0 Å². The molecule has 0 saturated carbocycles. The molecule has 2 aliphatic rings. The standard InChI is InChI=1S/C13H24N2O3/c16-10-13(3-6-18-7-4-13)15-12(17)8-11-2-1-5-14-9-11/h11,14,16H,1-10H2,(H,15,17). The van der Waals surface area contributed by atoms with Crippen LogP contribution in [0.5, 0.6) is 0 Å². The van der Waals surface area contributed by atoms with Crippen LogP contribution in [0.1, 0.15) is 32.1 Å². The lowest BCUT2D eigenvalue weighted by molar-refractivity contribution is -0.126. The average molecular weight is 256 g/mol. The van der Waals surface area contributed by atoms with Crippen molar-refractivity contribution in [2.75, 3.05) is 32.9 Å². The Balaban J connectivity index is 1.81. The fraction of sp³-hybridized carbons (Fsp3) is 0.923. The zero-order valence-corrected chi connectivity index (χ0v) is 10.9. The van der Waals surface area contributed by atoms with Gasteiger partial charge in [-0.25, -0.2) is 0 Å². The second kappa shape index (κ2) is 6.50. The van der Waals surface area contributed by atoms with E-state index in [4.69, 9.17) is 4.74 Å². The zero-order valence-electron chi connectivity index (χ0n) is 10.9. The summed E-state index contributed by atoms with van der Waals surface area (Å²) in [5.41, 5.74) is -0.447. The summed E-state index contributed by atoms with van der Waals surface area (Å²) in [5, 5.41) is 15.9. The van der Waals surface area contributed by atoms with Gasteiger partial charge in [0.25, 0.3) is 0 Å². The molecule has 2 saturated heterocycles. The summed E-state index contributed by atoms with van der Waals surface area (Å²) in [6, 6.07) is 0. The SMILES string of the molecule is O=C(CC1CCCNC1)NC1(CO)CCOCC1. The van der Waals surface area contributed by atoms with Crippen LogP contribution >= 0.6 is 0 Å². The van der Waals surface area contributed by atoms with Gasteiger partial charge in [0.15, 0.2) is 0 Å². The molecule has 2 fully saturated rings. The minimum Gasteiger partial charge on any atom is -0.394 e. The molecular formula is C13H24N2O3. The van der Waals surface area contributed by atoms with E-state index >= 15 is 0 Å². The van der Waals surface area contributed by atoms with Gasteiger partial charge in [0.05, 0.1) is 12.1 Å². The Morgan fingerprint density at radius 1 is 1.44 bits per heavy atom. The van der Waals surface area contributed by atoms with Crippen LogP contribution in [0.3, 0.4) is 0 Å². The first kappa shape index (κ1) is 13.8. The molecular weight excluding hydrogens is 232 g/mol. The molecule has 0 aromatic carbocycles. The lowest BCUT2D eigenvalue weighted by atomic mass is 9.89. The summed E-state index contributed by atoms with van der Waals surface area (Å²) in [4.78, 5) is 12.1. The van der Waals surface area contributed by atoms with E-state index in [1.807, 2.05) is 0 Å². The minimum atomic E-state index is -0.447. The molecule has 104 valence electrons. The molecule has 0 aliphatic carbocycles. The first-order chi connectivity index (χ1) is 8.74. The molecule has 1 amide bonds. The number of hydrogen-bond donors (Lipinski definition) is 3.